The lowest BCUT2D eigenvalue weighted by molar-refractivity contribution is -0.0511. The Balaban J connectivity index is 1.65. The Bertz CT molecular complexity index is 1010. The zero-order valence-electron chi connectivity index (χ0n) is 14.5. The summed E-state index contributed by atoms with van der Waals surface area (Å²) in [6.45, 7) is -0.426. The molecule has 4 rings (SSSR count). The van der Waals surface area contributed by atoms with Gasteiger partial charge in [-0.25, -0.2) is 15.0 Å². The first-order valence-corrected chi connectivity index (χ1v) is 8.46. The molecule has 1 fully saturated rings. The molecule has 0 saturated carbocycles. The van der Waals surface area contributed by atoms with E-state index in [1.165, 1.54) is 17.2 Å². The van der Waals surface area contributed by atoms with E-state index in [2.05, 4.69) is 20.3 Å². The molecule has 11 heteroatoms. The molecule has 0 spiro atoms. The van der Waals surface area contributed by atoms with Crippen LogP contribution in [0.2, 0.25) is 0 Å². The minimum absolute atomic E-state index is 0.376. The third-order valence-corrected chi connectivity index (χ3v) is 4.58. The number of fused-ring (bicyclic) bond motifs is 1. The lowest BCUT2D eigenvalue weighted by atomic mass is 10.1. The van der Waals surface area contributed by atoms with Crippen molar-refractivity contribution in [3.63, 3.8) is 0 Å². The van der Waals surface area contributed by atoms with Crippen LogP contribution in [0.5, 0.6) is 0 Å². The van der Waals surface area contributed by atoms with Crippen LogP contribution in [0.15, 0.2) is 36.9 Å². The number of nitrogens with zero attached hydrogens (tertiary/aromatic N) is 4. The first-order chi connectivity index (χ1) is 13.5. The lowest BCUT2D eigenvalue weighted by Gasteiger charge is -2.16. The summed E-state index contributed by atoms with van der Waals surface area (Å²) < 4.78 is 7.00. The number of hydrogen-bond acceptors (Lipinski definition) is 9. The van der Waals surface area contributed by atoms with Gasteiger partial charge in [-0.3, -0.25) is 9.36 Å². The summed E-state index contributed by atoms with van der Waals surface area (Å²) in [5.74, 6) is -0.115. The van der Waals surface area contributed by atoms with E-state index < -0.39 is 37.1 Å². The van der Waals surface area contributed by atoms with Crippen molar-refractivity contribution in [3.05, 3.63) is 42.5 Å². The number of rotatable bonds is 5. The van der Waals surface area contributed by atoms with Gasteiger partial charge in [0.15, 0.2) is 23.2 Å². The molecule has 1 aliphatic rings. The normalized spacial score (nSPS) is 24.5. The van der Waals surface area contributed by atoms with Crippen LogP contribution in [-0.4, -0.2) is 65.7 Å². The number of anilines is 2. The Labute approximate surface area is 158 Å². The number of imidazole rings is 1. The molecule has 0 aliphatic carbocycles. The molecule has 0 bridgehead atoms. The van der Waals surface area contributed by atoms with E-state index in [1.54, 1.807) is 24.3 Å². The van der Waals surface area contributed by atoms with E-state index in [-0.39, 0.29) is 0 Å². The monoisotopic (exact) mass is 386 g/mol. The minimum atomic E-state index is -1.25. The summed E-state index contributed by atoms with van der Waals surface area (Å²) in [5, 5.41) is 32.5. The van der Waals surface area contributed by atoms with Gasteiger partial charge in [-0.2, -0.15) is 0 Å². The van der Waals surface area contributed by atoms with Crippen LogP contribution in [0, 0.1) is 0 Å². The number of ether oxygens (including phenoxy) is 1. The van der Waals surface area contributed by atoms with Gasteiger partial charge < -0.3 is 31.1 Å². The predicted octanol–water partition coefficient (Wildman–Crippen LogP) is -0.720. The van der Waals surface area contributed by atoms with E-state index in [0.29, 0.717) is 28.2 Å². The second kappa shape index (κ2) is 7.13. The Kier molecular flexibility index (Phi) is 4.65. The molecule has 3 heterocycles. The number of aliphatic hydroxyl groups excluding tert-OH is 3. The van der Waals surface area contributed by atoms with Crippen LogP contribution >= 0.6 is 0 Å². The van der Waals surface area contributed by atoms with Gasteiger partial charge in [-0.1, -0.05) is 0 Å². The van der Waals surface area contributed by atoms with E-state index in [4.69, 9.17) is 10.5 Å². The largest absolute Gasteiger partial charge is 0.394 e. The van der Waals surface area contributed by atoms with Crippen LogP contribution in [0.1, 0.15) is 16.6 Å². The van der Waals surface area contributed by atoms with Gasteiger partial charge in [0.05, 0.1) is 12.9 Å². The summed E-state index contributed by atoms with van der Waals surface area (Å²) in [5.41, 5.74) is 7.07. The van der Waals surface area contributed by atoms with Crippen molar-refractivity contribution in [3.8, 4) is 0 Å². The molecule has 1 aliphatic heterocycles. The van der Waals surface area contributed by atoms with Gasteiger partial charge in [0.2, 0.25) is 5.91 Å². The van der Waals surface area contributed by atoms with Crippen LogP contribution in [0.4, 0.5) is 11.5 Å². The molecule has 2 aromatic heterocycles. The first-order valence-electron chi connectivity index (χ1n) is 8.46. The number of aromatic nitrogens is 4. The van der Waals surface area contributed by atoms with Gasteiger partial charge in [-0.15, -0.1) is 0 Å². The smallest absolute Gasteiger partial charge is 0.248 e. The number of amides is 1. The number of aliphatic hydroxyl groups is 3. The van der Waals surface area contributed by atoms with Gasteiger partial charge in [0.25, 0.3) is 0 Å². The lowest BCUT2D eigenvalue weighted by Crippen LogP contribution is -2.33. The quantitative estimate of drug-likeness (QED) is 0.380. The van der Waals surface area contributed by atoms with E-state index in [0.717, 1.165) is 0 Å². The van der Waals surface area contributed by atoms with Crippen molar-refractivity contribution >= 4 is 28.6 Å². The Morgan fingerprint density at radius 3 is 2.57 bits per heavy atom. The Morgan fingerprint density at radius 1 is 1.18 bits per heavy atom. The van der Waals surface area contributed by atoms with E-state index in [1.807, 2.05) is 0 Å². The van der Waals surface area contributed by atoms with Crippen LogP contribution < -0.4 is 11.1 Å². The van der Waals surface area contributed by atoms with Gasteiger partial charge >= 0.3 is 0 Å². The standard InChI is InChI=1S/C17H18N6O5/c18-14(27)8-1-3-9(4-2-8)22-15-11-16(20-6-19-15)23(7-21-11)17-13(26)12(25)10(5-24)28-17/h1-4,6-7,10,12-13,17,24-26H,5H2,(H2,18,27)(H,19,20,22)/t10-,12-,13-,17-/m1/s1. The van der Waals surface area contributed by atoms with Gasteiger partial charge in [0.1, 0.15) is 24.6 Å². The number of nitrogens with one attached hydrogen (secondary N) is 1. The summed E-state index contributed by atoms with van der Waals surface area (Å²) in [4.78, 5) is 23.8. The van der Waals surface area contributed by atoms with Crippen LogP contribution in [0.3, 0.4) is 0 Å². The fourth-order valence-corrected chi connectivity index (χ4v) is 3.09. The van der Waals surface area contributed by atoms with Crippen molar-refractivity contribution in [2.24, 2.45) is 5.73 Å². The van der Waals surface area contributed by atoms with Crippen molar-refractivity contribution in [2.45, 2.75) is 24.5 Å². The number of carbonyl (C=O) groups is 1. The molecule has 4 atom stereocenters. The topological polar surface area (TPSA) is 169 Å². The third kappa shape index (κ3) is 3.05. The van der Waals surface area contributed by atoms with Crippen LogP contribution in [-0.2, 0) is 4.74 Å². The highest BCUT2D eigenvalue weighted by atomic mass is 16.6. The average Bonchev–Trinajstić information content (AvgIpc) is 3.24. The molecular formula is C17H18N6O5. The van der Waals surface area contributed by atoms with E-state index >= 15 is 0 Å². The summed E-state index contributed by atoms with van der Waals surface area (Å²) in [6, 6.07) is 6.52. The fraction of sp³-hybridized carbons (Fsp3) is 0.294. The zero-order valence-corrected chi connectivity index (χ0v) is 14.5. The highest BCUT2D eigenvalue weighted by molar-refractivity contribution is 5.93. The van der Waals surface area contributed by atoms with E-state index in [9.17, 15) is 20.1 Å². The summed E-state index contributed by atoms with van der Waals surface area (Å²) >= 11 is 0. The minimum Gasteiger partial charge on any atom is -0.394 e. The molecule has 28 heavy (non-hydrogen) atoms. The molecule has 6 N–H and O–H groups in total. The number of carbonyl (C=O) groups excluding carboxylic acids is 1. The Hall–Kier alpha value is -3.12. The molecule has 3 aromatic rings. The maximum absolute atomic E-state index is 11.2. The molecule has 11 nitrogen and oxygen atoms in total. The number of primary amides is 1. The number of hydrogen-bond donors (Lipinski definition) is 5. The Morgan fingerprint density at radius 2 is 1.93 bits per heavy atom. The van der Waals surface area contributed by atoms with Crippen molar-refractivity contribution in [1.29, 1.82) is 0 Å². The molecule has 1 aromatic carbocycles. The average molecular weight is 386 g/mol. The molecule has 1 saturated heterocycles. The molecule has 1 amide bonds. The molecule has 146 valence electrons. The van der Waals surface area contributed by atoms with Crippen molar-refractivity contribution in [2.75, 3.05) is 11.9 Å². The SMILES string of the molecule is NC(=O)c1ccc(Nc2ncnc3c2ncn3[C@@H]2O[C@H](CO)[C@@H](O)[C@H]2O)cc1. The molecule has 0 radical (unpaired) electrons. The predicted molar refractivity (Wildman–Crippen MR) is 96.6 cm³/mol. The fourth-order valence-electron chi connectivity index (χ4n) is 3.09. The highest BCUT2D eigenvalue weighted by Crippen LogP contribution is 2.32. The maximum atomic E-state index is 11.2. The first kappa shape index (κ1) is 18.3. The number of benzene rings is 1. The summed E-state index contributed by atoms with van der Waals surface area (Å²) in [6.07, 6.45) is -1.59. The molecular weight excluding hydrogens is 368 g/mol. The molecule has 0 unspecified atom stereocenters. The summed E-state index contributed by atoms with van der Waals surface area (Å²) in [7, 11) is 0. The second-order valence-corrected chi connectivity index (χ2v) is 6.34. The number of nitrogens with two attached hydrogens (primary N) is 1. The zero-order chi connectivity index (χ0) is 19.8. The van der Waals surface area contributed by atoms with Crippen molar-refractivity contribution in [1.82, 2.24) is 19.5 Å². The second-order valence-electron chi connectivity index (χ2n) is 6.34. The maximum Gasteiger partial charge on any atom is 0.248 e. The highest BCUT2D eigenvalue weighted by Gasteiger charge is 2.44. The van der Waals surface area contributed by atoms with Crippen molar-refractivity contribution < 1.29 is 24.9 Å². The van der Waals surface area contributed by atoms with Gasteiger partial charge in [-0.05, 0) is 24.3 Å². The van der Waals surface area contributed by atoms with Crippen LogP contribution in [0.25, 0.3) is 11.2 Å². The third-order valence-electron chi connectivity index (χ3n) is 4.58. The van der Waals surface area contributed by atoms with Gasteiger partial charge in [0, 0.05) is 11.3 Å².